The highest BCUT2D eigenvalue weighted by Crippen LogP contribution is 2.57. The molecule has 1 saturated heterocycles. The fraction of sp³-hybridized carbons (Fsp3) is 0.889. The summed E-state index contributed by atoms with van der Waals surface area (Å²) < 4.78 is 17.0. The van der Waals surface area contributed by atoms with E-state index in [0.29, 0.717) is 6.61 Å². The Morgan fingerprint density at radius 1 is 1.69 bits per heavy atom. The quantitative estimate of drug-likeness (QED) is 0.698. The molecule has 3 nitrogen and oxygen atoms in total. The van der Waals surface area contributed by atoms with Gasteiger partial charge in [0, 0.05) is 24.5 Å². The van der Waals surface area contributed by atoms with Gasteiger partial charge in [-0.15, -0.1) is 0 Å². The Labute approximate surface area is 76.6 Å². The van der Waals surface area contributed by atoms with E-state index in [2.05, 4.69) is 5.32 Å². The highest BCUT2D eigenvalue weighted by atomic mass is 19.1. The molecule has 1 spiro atoms. The summed E-state index contributed by atoms with van der Waals surface area (Å²) in [6.45, 7) is 1.14. The summed E-state index contributed by atoms with van der Waals surface area (Å²) in [6.07, 6.45) is 1.91. The molecule has 1 aliphatic carbocycles. The number of carbonyl (C=O) groups is 1. The number of halogens is 1. The molecule has 13 heavy (non-hydrogen) atoms. The lowest BCUT2D eigenvalue weighted by Crippen LogP contribution is -2.29. The van der Waals surface area contributed by atoms with E-state index < -0.39 is 6.67 Å². The smallest absolute Gasteiger partial charge is 0.223 e. The van der Waals surface area contributed by atoms with Crippen molar-refractivity contribution in [3.8, 4) is 0 Å². The zero-order chi connectivity index (χ0) is 9.31. The van der Waals surface area contributed by atoms with Crippen LogP contribution in [-0.4, -0.2) is 32.3 Å². The van der Waals surface area contributed by atoms with Gasteiger partial charge < -0.3 is 10.1 Å². The number of ether oxygens (including phenoxy) is 1. The lowest BCUT2D eigenvalue weighted by molar-refractivity contribution is -0.123. The van der Waals surface area contributed by atoms with E-state index in [0.717, 1.165) is 19.4 Å². The largest absolute Gasteiger partial charge is 0.381 e. The van der Waals surface area contributed by atoms with Gasteiger partial charge in [0.05, 0.1) is 6.61 Å². The normalized spacial score (nSPS) is 36.5. The first-order chi connectivity index (χ1) is 6.28. The van der Waals surface area contributed by atoms with Crippen LogP contribution in [0.25, 0.3) is 0 Å². The molecule has 0 bridgehead atoms. The molecule has 4 heteroatoms. The van der Waals surface area contributed by atoms with Crippen LogP contribution in [0, 0.1) is 11.3 Å². The van der Waals surface area contributed by atoms with Crippen molar-refractivity contribution in [2.75, 3.05) is 26.4 Å². The average molecular weight is 187 g/mol. The molecule has 1 saturated carbocycles. The zero-order valence-corrected chi connectivity index (χ0v) is 7.51. The number of hydrogen-bond donors (Lipinski definition) is 1. The second-order valence-corrected chi connectivity index (χ2v) is 3.90. The molecule has 74 valence electrons. The molecule has 0 aromatic carbocycles. The molecule has 0 radical (unpaired) electrons. The van der Waals surface area contributed by atoms with Crippen LogP contribution in [0.5, 0.6) is 0 Å². The molecule has 2 rings (SSSR count). The summed E-state index contributed by atoms with van der Waals surface area (Å²) in [7, 11) is 0. The maximum absolute atomic E-state index is 11.8. The van der Waals surface area contributed by atoms with Gasteiger partial charge in [-0.3, -0.25) is 4.79 Å². The van der Waals surface area contributed by atoms with Gasteiger partial charge in [-0.1, -0.05) is 0 Å². The van der Waals surface area contributed by atoms with E-state index in [4.69, 9.17) is 4.74 Å². The summed E-state index contributed by atoms with van der Waals surface area (Å²) in [4.78, 5) is 11.4. The van der Waals surface area contributed by atoms with Gasteiger partial charge in [-0.05, 0) is 12.8 Å². The summed E-state index contributed by atoms with van der Waals surface area (Å²) in [5.74, 6) is 0.0877. The first kappa shape index (κ1) is 8.94. The van der Waals surface area contributed by atoms with E-state index in [-0.39, 0.29) is 23.8 Å². The third-order valence-electron chi connectivity index (χ3n) is 3.03. The molecule has 2 fully saturated rings. The van der Waals surface area contributed by atoms with E-state index in [1.165, 1.54) is 0 Å². The third-order valence-corrected chi connectivity index (χ3v) is 3.03. The van der Waals surface area contributed by atoms with Crippen molar-refractivity contribution in [3.63, 3.8) is 0 Å². The fourth-order valence-corrected chi connectivity index (χ4v) is 2.07. The molecule has 0 aromatic heterocycles. The van der Waals surface area contributed by atoms with Crippen molar-refractivity contribution in [1.29, 1.82) is 0 Å². The summed E-state index contributed by atoms with van der Waals surface area (Å²) in [5, 5.41) is 2.58. The topological polar surface area (TPSA) is 38.3 Å². The number of alkyl halides is 1. The Balaban J connectivity index is 1.81. The Morgan fingerprint density at radius 2 is 2.54 bits per heavy atom. The molecular formula is C9H14FNO2. The molecule has 2 atom stereocenters. The fourth-order valence-electron chi connectivity index (χ4n) is 2.07. The van der Waals surface area contributed by atoms with E-state index in [9.17, 15) is 9.18 Å². The van der Waals surface area contributed by atoms with Crippen LogP contribution < -0.4 is 5.32 Å². The number of carbonyl (C=O) groups excluding carboxylic acids is 1. The van der Waals surface area contributed by atoms with Gasteiger partial charge in [-0.25, -0.2) is 4.39 Å². The molecule has 1 N–H and O–H groups in total. The van der Waals surface area contributed by atoms with Crippen molar-refractivity contribution in [1.82, 2.24) is 5.32 Å². The first-order valence-electron chi connectivity index (χ1n) is 4.70. The Kier molecular flexibility index (Phi) is 2.24. The summed E-state index contributed by atoms with van der Waals surface area (Å²) in [5.41, 5.74) is 0.125. The second kappa shape index (κ2) is 3.25. The van der Waals surface area contributed by atoms with Crippen LogP contribution in [0.1, 0.15) is 12.8 Å². The number of amides is 1. The minimum Gasteiger partial charge on any atom is -0.381 e. The SMILES string of the molecule is O=C(NCCF)C1CC12CCOC2. The van der Waals surface area contributed by atoms with Crippen molar-refractivity contribution in [3.05, 3.63) is 0 Å². The van der Waals surface area contributed by atoms with Gasteiger partial charge in [0.2, 0.25) is 5.91 Å². The number of rotatable bonds is 3. The van der Waals surface area contributed by atoms with Crippen molar-refractivity contribution >= 4 is 5.91 Å². The van der Waals surface area contributed by atoms with Gasteiger partial charge in [0.15, 0.2) is 0 Å². The van der Waals surface area contributed by atoms with Gasteiger partial charge in [0.25, 0.3) is 0 Å². The predicted molar refractivity (Wildman–Crippen MR) is 45.0 cm³/mol. The van der Waals surface area contributed by atoms with Crippen LogP contribution in [0.3, 0.4) is 0 Å². The predicted octanol–water partition coefficient (Wildman–Crippen LogP) is 0.499. The number of nitrogens with one attached hydrogen (secondary N) is 1. The lowest BCUT2D eigenvalue weighted by Gasteiger charge is -2.05. The molecule has 1 amide bonds. The number of hydrogen-bond acceptors (Lipinski definition) is 2. The van der Waals surface area contributed by atoms with Crippen LogP contribution >= 0.6 is 0 Å². The highest BCUT2D eigenvalue weighted by Gasteiger charge is 2.59. The Hall–Kier alpha value is -0.640. The van der Waals surface area contributed by atoms with E-state index >= 15 is 0 Å². The molecule has 0 aromatic rings. The van der Waals surface area contributed by atoms with Gasteiger partial charge >= 0.3 is 0 Å². The monoisotopic (exact) mass is 187 g/mol. The second-order valence-electron chi connectivity index (χ2n) is 3.90. The zero-order valence-electron chi connectivity index (χ0n) is 7.51. The molecule has 1 aliphatic heterocycles. The van der Waals surface area contributed by atoms with Crippen molar-refractivity contribution in [2.45, 2.75) is 12.8 Å². The molecule has 1 heterocycles. The third kappa shape index (κ3) is 1.55. The maximum Gasteiger partial charge on any atom is 0.223 e. The molecule has 2 unspecified atom stereocenters. The summed E-state index contributed by atoms with van der Waals surface area (Å²) >= 11 is 0. The van der Waals surface area contributed by atoms with Crippen LogP contribution in [0.15, 0.2) is 0 Å². The van der Waals surface area contributed by atoms with E-state index in [1.54, 1.807) is 0 Å². The average Bonchev–Trinajstić information content (AvgIpc) is 2.61. The van der Waals surface area contributed by atoms with Crippen LogP contribution in [0.2, 0.25) is 0 Å². The van der Waals surface area contributed by atoms with Crippen LogP contribution in [0.4, 0.5) is 4.39 Å². The minimum absolute atomic E-state index is 0.00292. The maximum atomic E-state index is 11.8. The van der Waals surface area contributed by atoms with E-state index in [1.807, 2.05) is 0 Å². The van der Waals surface area contributed by atoms with Gasteiger partial charge in [0.1, 0.15) is 6.67 Å². The first-order valence-corrected chi connectivity index (χ1v) is 4.70. The Morgan fingerprint density at radius 3 is 3.15 bits per heavy atom. The van der Waals surface area contributed by atoms with Gasteiger partial charge in [-0.2, -0.15) is 0 Å². The minimum atomic E-state index is -0.484. The van der Waals surface area contributed by atoms with Crippen molar-refractivity contribution in [2.24, 2.45) is 11.3 Å². The Bertz CT molecular complexity index is 214. The van der Waals surface area contributed by atoms with Crippen molar-refractivity contribution < 1.29 is 13.9 Å². The summed E-state index contributed by atoms with van der Waals surface area (Å²) in [6, 6.07) is 0. The molecule has 2 aliphatic rings. The standard InChI is InChI=1S/C9H14FNO2/c10-2-3-11-8(12)7-5-9(7)1-4-13-6-9/h7H,1-6H2,(H,11,12). The highest BCUT2D eigenvalue weighted by molar-refractivity contribution is 5.82. The lowest BCUT2D eigenvalue weighted by atomic mass is 10.0. The molecular weight excluding hydrogens is 173 g/mol. The van der Waals surface area contributed by atoms with Crippen LogP contribution in [-0.2, 0) is 9.53 Å².